The van der Waals surface area contributed by atoms with Gasteiger partial charge in [-0.1, -0.05) is 38.2 Å². The van der Waals surface area contributed by atoms with Crippen molar-refractivity contribution in [3.8, 4) is 0 Å². The molecule has 0 bridgehead atoms. The predicted molar refractivity (Wildman–Crippen MR) is 89.1 cm³/mol. The molecule has 0 heterocycles. The Morgan fingerprint density at radius 3 is 2.60 bits per heavy atom. The zero-order valence-corrected chi connectivity index (χ0v) is 13.8. The Kier molecular flexibility index (Phi) is 7.13. The lowest BCUT2D eigenvalue weighted by molar-refractivity contribution is 0.136. The molecule has 20 heavy (non-hydrogen) atoms. The van der Waals surface area contributed by atoms with Crippen LogP contribution in [0.2, 0.25) is 0 Å². The molecule has 0 spiro atoms. The number of thiocarbonyl (C=S) groups is 1. The second kappa shape index (κ2) is 8.35. The van der Waals surface area contributed by atoms with Gasteiger partial charge in [0.15, 0.2) is 0 Å². The Bertz CT molecular complexity index is 446. The highest BCUT2D eigenvalue weighted by molar-refractivity contribution is 7.80. The largest absolute Gasteiger partial charge is 0.389 e. The van der Waals surface area contributed by atoms with Gasteiger partial charge in [-0.05, 0) is 30.0 Å². The number of nitrogens with zero attached hydrogens (tertiary/aromatic N) is 1. The van der Waals surface area contributed by atoms with Crippen molar-refractivity contribution < 1.29 is 4.74 Å². The molecule has 0 saturated heterocycles. The van der Waals surface area contributed by atoms with Crippen LogP contribution in [0.5, 0.6) is 0 Å². The molecule has 4 heteroatoms. The van der Waals surface area contributed by atoms with Crippen molar-refractivity contribution in [3.05, 3.63) is 34.9 Å². The van der Waals surface area contributed by atoms with E-state index in [9.17, 15) is 0 Å². The minimum Gasteiger partial charge on any atom is -0.389 e. The van der Waals surface area contributed by atoms with Crippen molar-refractivity contribution in [2.45, 2.75) is 27.3 Å². The van der Waals surface area contributed by atoms with E-state index in [1.54, 1.807) is 7.11 Å². The Labute approximate surface area is 128 Å². The first-order valence-corrected chi connectivity index (χ1v) is 7.45. The summed E-state index contributed by atoms with van der Waals surface area (Å²) in [5.41, 5.74) is 9.17. The SMILES string of the molecule is COCCN(Cc1ccc(C(N)=S)cc1C)CC(C)C. The van der Waals surface area contributed by atoms with Gasteiger partial charge in [0.25, 0.3) is 0 Å². The highest BCUT2D eigenvalue weighted by atomic mass is 32.1. The van der Waals surface area contributed by atoms with Crippen molar-refractivity contribution >= 4 is 17.2 Å². The third-order valence-corrected chi connectivity index (χ3v) is 3.49. The second-order valence-electron chi connectivity index (χ2n) is 5.63. The summed E-state index contributed by atoms with van der Waals surface area (Å²) >= 11 is 5.02. The number of aryl methyl sites for hydroxylation is 1. The number of ether oxygens (including phenoxy) is 1. The van der Waals surface area contributed by atoms with E-state index in [0.29, 0.717) is 10.9 Å². The normalized spacial score (nSPS) is 11.3. The smallest absolute Gasteiger partial charge is 0.103 e. The van der Waals surface area contributed by atoms with Gasteiger partial charge >= 0.3 is 0 Å². The molecule has 2 N–H and O–H groups in total. The maximum absolute atomic E-state index is 5.67. The van der Waals surface area contributed by atoms with Crippen molar-refractivity contribution in [2.75, 3.05) is 26.8 Å². The number of rotatable bonds is 8. The fourth-order valence-corrected chi connectivity index (χ4v) is 2.37. The zero-order chi connectivity index (χ0) is 15.1. The minimum atomic E-state index is 0.457. The van der Waals surface area contributed by atoms with Crippen molar-refractivity contribution in [1.29, 1.82) is 0 Å². The number of benzene rings is 1. The van der Waals surface area contributed by atoms with Crippen LogP contribution in [0.15, 0.2) is 18.2 Å². The van der Waals surface area contributed by atoms with Gasteiger partial charge in [-0.3, -0.25) is 4.90 Å². The Morgan fingerprint density at radius 1 is 1.40 bits per heavy atom. The van der Waals surface area contributed by atoms with Crippen LogP contribution in [0.3, 0.4) is 0 Å². The number of methoxy groups -OCH3 is 1. The molecular weight excluding hydrogens is 268 g/mol. The van der Waals surface area contributed by atoms with E-state index in [1.807, 2.05) is 6.07 Å². The van der Waals surface area contributed by atoms with Gasteiger partial charge in [0, 0.05) is 32.3 Å². The molecule has 0 aliphatic carbocycles. The number of hydrogen-bond donors (Lipinski definition) is 1. The van der Waals surface area contributed by atoms with Crippen molar-refractivity contribution in [1.82, 2.24) is 4.90 Å². The van der Waals surface area contributed by atoms with E-state index >= 15 is 0 Å². The molecule has 0 aliphatic heterocycles. The van der Waals surface area contributed by atoms with Crippen LogP contribution >= 0.6 is 12.2 Å². The van der Waals surface area contributed by atoms with Crippen LogP contribution < -0.4 is 5.73 Å². The number of hydrogen-bond acceptors (Lipinski definition) is 3. The van der Waals surface area contributed by atoms with E-state index in [2.05, 4.69) is 37.8 Å². The summed E-state index contributed by atoms with van der Waals surface area (Å²) < 4.78 is 5.20. The van der Waals surface area contributed by atoms with E-state index < -0.39 is 0 Å². The Hall–Kier alpha value is -0.970. The summed E-state index contributed by atoms with van der Waals surface area (Å²) in [6.45, 7) is 10.3. The molecule has 0 aliphatic rings. The molecule has 1 rings (SSSR count). The van der Waals surface area contributed by atoms with Crippen LogP contribution in [0.25, 0.3) is 0 Å². The lowest BCUT2D eigenvalue weighted by Gasteiger charge is -2.25. The monoisotopic (exact) mass is 294 g/mol. The minimum absolute atomic E-state index is 0.457. The summed E-state index contributed by atoms with van der Waals surface area (Å²) in [6, 6.07) is 6.21. The molecule has 0 unspecified atom stereocenters. The van der Waals surface area contributed by atoms with Gasteiger partial charge in [0.1, 0.15) is 4.99 Å². The standard InChI is InChI=1S/C16H26N2OS/c1-12(2)10-18(7-8-19-4)11-15-6-5-14(16(17)20)9-13(15)3/h5-6,9,12H,7-8,10-11H2,1-4H3,(H2,17,20). The molecule has 1 aromatic rings. The Balaban J connectivity index is 2.79. The molecule has 0 saturated carbocycles. The van der Waals surface area contributed by atoms with Gasteiger partial charge in [0.05, 0.1) is 6.61 Å². The predicted octanol–water partition coefficient (Wildman–Crippen LogP) is 2.73. The van der Waals surface area contributed by atoms with Crippen LogP contribution in [0, 0.1) is 12.8 Å². The highest BCUT2D eigenvalue weighted by Gasteiger charge is 2.10. The van der Waals surface area contributed by atoms with Crippen LogP contribution in [-0.4, -0.2) is 36.7 Å². The van der Waals surface area contributed by atoms with Gasteiger partial charge in [0.2, 0.25) is 0 Å². The molecule has 0 aromatic heterocycles. The van der Waals surface area contributed by atoms with Gasteiger partial charge in [-0.2, -0.15) is 0 Å². The number of nitrogens with two attached hydrogens (primary N) is 1. The maximum Gasteiger partial charge on any atom is 0.103 e. The highest BCUT2D eigenvalue weighted by Crippen LogP contribution is 2.14. The van der Waals surface area contributed by atoms with Crippen molar-refractivity contribution in [2.24, 2.45) is 11.7 Å². The first kappa shape index (κ1) is 17.1. The molecule has 3 nitrogen and oxygen atoms in total. The fraction of sp³-hybridized carbons (Fsp3) is 0.562. The van der Waals surface area contributed by atoms with E-state index in [0.717, 1.165) is 31.8 Å². The summed E-state index contributed by atoms with van der Waals surface area (Å²) in [5, 5.41) is 0. The third-order valence-electron chi connectivity index (χ3n) is 3.26. The average Bonchev–Trinajstić information content (AvgIpc) is 2.37. The average molecular weight is 294 g/mol. The first-order chi connectivity index (χ1) is 9.43. The molecule has 112 valence electrons. The van der Waals surface area contributed by atoms with E-state index in [1.165, 1.54) is 11.1 Å². The molecule has 0 fully saturated rings. The van der Waals surface area contributed by atoms with Crippen LogP contribution in [0.4, 0.5) is 0 Å². The second-order valence-corrected chi connectivity index (χ2v) is 6.07. The fourth-order valence-electron chi connectivity index (χ4n) is 2.24. The lowest BCUT2D eigenvalue weighted by atomic mass is 10.0. The van der Waals surface area contributed by atoms with Gasteiger partial charge in [-0.15, -0.1) is 0 Å². The molecule has 0 atom stereocenters. The van der Waals surface area contributed by atoms with Crippen LogP contribution in [0.1, 0.15) is 30.5 Å². The zero-order valence-electron chi connectivity index (χ0n) is 13.0. The molecular formula is C16H26N2OS. The van der Waals surface area contributed by atoms with Gasteiger partial charge in [-0.25, -0.2) is 0 Å². The third kappa shape index (κ3) is 5.57. The molecule has 0 radical (unpaired) electrons. The van der Waals surface area contributed by atoms with Crippen molar-refractivity contribution in [3.63, 3.8) is 0 Å². The van der Waals surface area contributed by atoms with Gasteiger partial charge < -0.3 is 10.5 Å². The topological polar surface area (TPSA) is 38.5 Å². The lowest BCUT2D eigenvalue weighted by Crippen LogP contribution is -2.31. The van der Waals surface area contributed by atoms with E-state index in [-0.39, 0.29) is 0 Å². The molecule has 0 amide bonds. The summed E-state index contributed by atoms with van der Waals surface area (Å²) in [7, 11) is 1.75. The van der Waals surface area contributed by atoms with Crippen LogP contribution in [-0.2, 0) is 11.3 Å². The first-order valence-electron chi connectivity index (χ1n) is 7.04. The van der Waals surface area contributed by atoms with E-state index in [4.69, 9.17) is 22.7 Å². The maximum atomic E-state index is 5.67. The quantitative estimate of drug-likeness (QED) is 0.748. The summed E-state index contributed by atoms with van der Waals surface area (Å²) in [6.07, 6.45) is 0. The summed E-state index contributed by atoms with van der Waals surface area (Å²) in [4.78, 5) is 2.88. The Morgan fingerprint density at radius 2 is 2.10 bits per heavy atom. The summed E-state index contributed by atoms with van der Waals surface area (Å²) in [5.74, 6) is 0.642. The molecule has 1 aromatic carbocycles.